The molecule has 0 heterocycles. The molecule has 2 aromatic carbocycles. The fourth-order valence-electron chi connectivity index (χ4n) is 6.85. The van der Waals surface area contributed by atoms with Crippen LogP contribution in [0, 0.1) is 17.8 Å². The minimum absolute atomic E-state index is 0.0910. The van der Waals surface area contributed by atoms with Crippen molar-refractivity contribution >= 4 is 11.9 Å². The van der Waals surface area contributed by atoms with Gasteiger partial charge in [-0.1, -0.05) is 82.9 Å². The number of hydrogen-bond donors (Lipinski definition) is 2. The van der Waals surface area contributed by atoms with Crippen LogP contribution in [-0.2, 0) is 9.59 Å². The van der Waals surface area contributed by atoms with Crippen LogP contribution in [0.2, 0.25) is 0 Å². The molecular formula is C37H48O6. The van der Waals surface area contributed by atoms with Crippen molar-refractivity contribution in [3.05, 3.63) is 72.3 Å². The molecule has 2 aliphatic carbocycles. The second-order valence-electron chi connectivity index (χ2n) is 12.5. The first-order valence-corrected chi connectivity index (χ1v) is 16.1. The topological polar surface area (TPSA) is 93.1 Å². The zero-order chi connectivity index (χ0) is 30.8. The average molecular weight is 589 g/mol. The van der Waals surface area contributed by atoms with Crippen molar-refractivity contribution in [2.24, 2.45) is 17.8 Å². The van der Waals surface area contributed by atoms with Gasteiger partial charge in [-0.2, -0.15) is 0 Å². The molecule has 4 rings (SSSR count). The lowest BCUT2D eigenvalue weighted by Gasteiger charge is -2.38. The lowest BCUT2D eigenvalue weighted by Crippen LogP contribution is -2.25. The number of carbonyl (C=O) groups excluding carboxylic acids is 2. The molecule has 6 nitrogen and oxygen atoms in total. The van der Waals surface area contributed by atoms with Crippen LogP contribution in [0.5, 0.6) is 11.5 Å². The Kier molecular flexibility index (Phi) is 12.2. The molecular weight excluding hydrogens is 540 g/mol. The summed E-state index contributed by atoms with van der Waals surface area (Å²) < 4.78 is 10.8. The number of unbranched alkanes of at least 4 members (excludes halogenated alkanes) is 2. The molecule has 0 spiro atoms. The van der Waals surface area contributed by atoms with Crippen LogP contribution in [0.25, 0.3) is 11.1 Å². The summed E-state index contributed by atoms with van der Waals surface area (Å²) in [4.78, 5) is 24.5. The van der Waals surface area contributed by atoms with Crippen molar-refractivity contribution < 1.29 is 29.3 Å². The second kappa shape index (κ2) is 16.0. The lowest BCUT2D eigenvalue weighted by molar-refractivity contribution is -0.131. The SMILES string of the molecule is C=C(CO)C(=O)Oc1cc(OC(=O)C(=C)CO)cc(-c2ccc(C3CCC(C4CCC(CCCCC)CC4)CC3)cc2)c1. The Hall–Kier alpha value is -3.22. The highest BCUT2D eigenvalue weighted by Gasteiger charge is 2.31. The van der Waals surface area contributed by atoms with Gasteiger partial charge in [0.15, 0.2) is 0 Å². The predicted octanol–water partition coefficient (Wildman–Crippen LogP) is 7.92. The molecule has 0 radical (unpaired) electrons. The first-order valence-electron chi connectivity index (χ1n) is 16.1. The molecule has 0 atom stereocenters. The summed E-state index contributed by atoms with van der Waals surface area (Å²) in [5, 5.41) is 18.5. The van der Waals surface area contributed by atoms with Gasteiger partial charge in [-0.3, -0.25) is 0 Å². The molecule has 2 aliphatic rings. The molecule has 0 aliphatic heterocycles. The average Bonchev–Trinajstić information content (AvgIpc) is 3.04. The van der Waals surface area contributed by atoms with E-state index in [0.717, 1.165) is 23.3 Å². The molecule has 2 fully saturated rings. The van der Waals surface area contributed by atoms with Gasteiger partial charge in [0.1, 0.15) is 11.5 Å². The third-order valence-corrected chi connectivity index (χ3v) is 9.52. The summed E-state index contributed by atoms with van der Waals surface area (Å²) in [5.74, 6) is 2.06. The standard InChI is InChI=1S/C37H48O6/c1-4-5-6-7-27-8-10-28(11-9-27)29-12-14-30(15-13-29)31-16-18-32(19-17-31)33-20-34(42-36(40)25(2)23-38)22-35(21-33)43-37(41)26(3)24-39/h16-22,27-30,38-39H,2-15,23-24H2,1H3. The summed E-state index contributed by atoms with van der Waals surface area (Å²) in [6, 6.07) is 13.2. The van der Waals surface area contributed by atoms with Gasteiger partial charge in [-0.05, 0) is 91.0 Å². The molecule has 0 amide bonds. The molecule has 2 N–H and O–H groups in total. The first-order chi connectivity index (χ1) is 20.8. The first kappa shape index (κ1) is 32.7. The minimum Gasteiger partial charge on any atom is -0.423 e. The second-order valence-corrected chi connectivity index (χ2v) is 12.5. The van der Waals surface area contributed by atoms with Crippen LogP contribution in [0.15, 0.2) is 66.8 Å². The van der Waals surface area contributed by atoms with Crippen molar-refractivity contribution in [1.82, 2.24) is 0 Å². The molecule has 232 valence electrons. The van der Waals surface area contributed by atoms with Crippen molar-refractivity contribution in [1.29, 1.82) is 0 Å². The van der Waals surface area contributed by atoms with E-state index in [9.17, 15) is 19.8 Å². The van der Waals surface area contributed by atoms with Gasteiger partial charge in [0.2, 0.25) is 0 Å². The number of aliphatic hydroxyl groups is 2. The van der Waals surface area contributed by atoms with Crippen LogP contribution < -0.4 is 9.47 Å². The van der Waals surface area contributed by atoms with E-state index in [1.807, 2.05) is 12.1 Å². The number of aliphatic hydroxyl groups excluding tert-OH is 2. The summed E-state index contributed by atoms with van der Waals surface area (Å²) in [6.45, 7) is 8.25. The van der Waals surface area contributed by atoms with Crippen LogP contribution >= 0.6 is 0 Å². The van der Waals surface area contributed by atoms with Gasteiger partial charge in [-0.15, -0.1) is 0 Å². The van der Waals surface area contributed by atoms with E-state index < -0.39 is 25.2 Å². The highest BCUT2D eigenvalue weighted by Crippen LogP contribution is 2.45. The van der Waals surface area contributed by atoms with Crippen LogP contribution in [0.4, 0.5) is 0 Å². The Morgan fingerprint density at radius 2 is 1.23 bits per heavy atom. The van der Waals surface area contributed by atoms with Crippen molar-refractivity contribution in [3.8, 4) is 22.6 Å². The maximum atomic E-state index is 12.2. The van der Waals surface area contributed by atoms with Gasteiger partial charge in [0, 0.05) is 6.07 Å². The van der Waals surface area contributed by atoms with Gasteiger partial charge in [0.25, 0.3) is 0 Å². The molecule has 6 heteroatoms. The fourth-order valence-corrected chi connectivity index (χ4v) is 6.85. The Bertz CT molecular complexity index is 1200. The van der Waals surface area contributed by atoms with E-state index in [1.54, 1.807) is 12.1 Å². The predicted molar refractivity (Wildman–Crippen MR) is 170 cm³/mol. The van der Waals surface area contributed by atoms with Gasteiger partial charge < -0.3 is 19.7 Å². The number of benzene rings is 2. The molecule has 0 aromatic heterocycles. The smallest absolute Gasteiger partial charge is 0.341 e. The van der Waals surface area contributed by atoms with E-state index in [4.69, 9.17) is 9.47 Å². The van der Waals surface area contributed by atoms with E-state index in [-0.39, 0.29) is 22.6 Å². The Labute approximate surface area is 256 Å². The third kappa shape index (κ3) is 9.14. The monoisotopic (exact) mass is 588 g/mol. The van der Waals surface area contributed by atoms with Crippen molar-refractivity contribution in [2.75, 3.05) is 13.2 Å². The van der Waals surface area contributed by atoms with Gasteiger partial charge in [-0.25, -0.2) is 9.59 Å². The zero-order valence-electron chi connectivity index (χ0n) is 25.7. The largest absolute Gasteiger partial charge is 0.423 e. The summed E-state index contributed by atoms with van der Waals surface area (Å²) in [7, 11) is 0. The fraction of sp³-hybridized carbons (Fsp3) is 0.514. The van der Waals surface area contributed by atoms with E-state index in [2.05, 4.69) is 32.2 Å². The Balaban J connectivity index is 1.39. The summed E-state index contributed by atoms with van der Waals surface area (Å²) in [5.41, 5.74) is 2.73. The van der Waals surface area contributed by atoms with Crippen molar-refractivity contribution in [3.63, 3.8) is 0 Å². The number of rotatable bonds is 13. The van der Waals surface area contributed by atoms with E-state index >= 15 is 0 Å². The molecule has 2 aromatic rings. The summed E-state index contributed by atoms with van der Waals surface area (Å²) in [6.07, 6.45) is 16.4. The maximum absolute atomic E-state index is 12.2. The number of carbonyl (C=O) groups is 2. The number of hydrogen-bond acceptors (Lipinski definition) is 6. The molecule has 2 saturated carbocycles. The normalized spacial score (nSPS) is 22.0. The van der Waals surface area contributed by atoms with Crippen LogP contribution in [0.1, 0.15) is 95.5 Å². The molecule has 43 heavy (non-hydrogen) atoms. The number of esters is 2. The third-order valence-electron chi connectivity index (χ3n) is 9.52. The Morgan fingerprint density at radius 1 is 0.721 bits per heavy atom. The zero-order valence-corrected chi connectivity index (χ0v) is 25.7. The highest BCUT2D eigenvalue weighted by atomic mass is 16.5. The van der Waals surface area contributed by atoms with Crippen LogP contribution in [0.3, 0.4) is 0 Å². The molecule has 0 bridgehead atoms. The van der Waals surface area contributed by atoms with Gasteiger partial charge >= 0.3 is 11.9 Å². The maximum Gasteiger partial charge on any atom is 0.341 e. The van der Waals surface area contributed by atoms with Crippen LogP contribution in [-0.4, -0.2) is 35.4 Å². The minimum atomic E-state index is -0.775. The quantitative estimate of drug-likeness (QED) is 0.107. The summed E-state index contributed by atoms with van der Waals surface area (Å²) >= 11 is 0. The molecule has 0 saturated heterocycles. The number of ether oxygens (including phenoxy) is 2. The van der Waals surface area contributed by atoms with E-state index in [0.29, 0.717) is 11.5 Å². The Morgan fingerprint density at radius 3 is 1.72 bits per heavy atom. The lowest BCUT2D eigenvalue weighted by atomic mass is 9.68. The van der Waals surface area contributed by atoms with E-state index in [1.165, 1.54) is 88.7 Å². The molecule has 0 unspecified atom stereocenters. The highest BCUT2D eigenvalue weighted by molar-refractivity contribution is 5.91. The van der Waals surface area contributed by atoms with Gasteiger partial charge in [0.05, 0.1) is 24.4 Å². The van der Waals surface area contributed by atoms with Crippen molar-refractivity contribution in [2.45, 2.75) is 89.9 Å².